The van der Waals surface area contributed by atoms with E-state index >= 15 is 0 Å². The van der Waals surface area contributed by atoms with Crippen molar-refractivity contribution < 1.29 is 4.74 Å². The predicted octanol–water partition coefficient (Wildman–Crippen LogP) is 8.05. The minimum atomic E-state index is 0.0527. The van der Waals surface area contributed by atoms with Gasteiger partial charge in [0, 0.05) is 0 Å². The van der Waals surface area contributed by atoms with Crippen LogP contribution in [-0.2, 0) is 0 Å². The Morgan fingerprint density at radius 3 is 1.55 bits per heavy atom. The molecule has 2 rings (SSSR count). The second kappa shape index (κ2) is 6.58. The summed E-state index contributed by atoms with van der Waals surface area (Å²) in [5.41, 5.74) is 0. The van der Waals surface area contributed by atoms with Crippen LogP contribution in [0.15, 0.2) is 18.2 Å². The first-order chi connectivity index (χ1) is 9.32. The average Bonchev–Trinajstić information content (AvgIpc) is 2.40. The Hall–Kier alpha value is 0.270. The van der Waals surface area contributed by atoms with Gasteiger partial charge in [-0.1, -0.05) is 81.2 Å². The normalized spacial score (nSPS) is 10.8. The molecular formula is C12H3Cl7O. The summed E-state index contributed by atoms with van der Waals surface area (Å²) in [6.07, 6.45) is 0. The molecule has 1 nitrogen and oxygen atoms in total. The Morgan fingerprint density at radius 1 is 0.550 bits per heavy atom. The molecule has 0 aliphatic carbocycles. The van der Waals surface area contributed by atoms with Gasteiger partial charge in [-0.2, -0.15) is 0 Å². The number of benzene rings is 2. The first-order valence-electron chi connectivity index (χ1n) is 4.97. The Balaban J connectivity index is 2.59. The molecule has 2 aromatic carbocycles. The minimum Gasteiger partial charge on any atom is -0.451 e. The number of ether oxygens (including phenoxy) is 1. The summed E-state index contributed by atoms with van der Waals surface area (Å²) >= 11 is 41.9. The SMILES string of the molecule is Clc1ccc(Cl)c(Oc2c(Cl)c(Cl)cc(Cl)c2Cl)c1Cl. The van der Waals surface area contributed by atoms with Crippen molar-refractivity contribution in [2.24, 2.45) is 0 Å². The van der Waals surface area contributed by atoms with Gasteiger partial charge in [-0.3, -0.25) is 0 Å². The van der Waals surface area contributed by atoms with Crippen molar-refractivity contribution in [3.8, 4) is 11.5 Å². The summed E-state index contributed by atoms with van der Waals surface area (Å²) in [6, 6.07) is 4.47. The Bertz CT molecular complexity index is 658. The van der Waals surface area contributed by atoms with Gasteiger partial charge in [0.25, 0.3) is 0 Å². The maximum Gasteiger partial charge on any atom is 0.167 e. The molecule has 0 aromatic heterocycles. The van der Waals surface area contributed by atoms with E-state index in [1.54, 1.807) is 0 Å². The first kappa shape index (κ1) is 16.6. The summed E-state index contributed by atoms with van der Waals surface area (Å²) in [5.74, 6) is 0.167. The quantitative estimate of drug-likeness (QED) is 0.454. The molecule has 0 aliphatic heterocycles. The number of hydrogen-bond donors (Lipinski definition) is 0. The fourth-order valence-corrected chi connectivity index (χ4v) is 2.81. The van der Waals surface area contributed by atoms with Crippen molar-refractivity contribution in [3.05, 3.63) is 53.4 Å². The van der Waals surface area contributed by atoms with Gasteiger partial charge in [-0.05, 0) is 18.2 Å². The minimum absolute atomic E-state index is 0.0527. The monoisotopic (exact) mass is 408 g/mol. The van der Waals surface area contributed by atoms with Crippen molar-refractivity contribution >= 4 is 81.2 Å². The van der Waals surface area contributed by atoms with Crippen LogP contribution in [0.5, 0.6) is 11.5 Å². The maximum absolute atomic E-state index is 6.05. The van der Waals surface area contributed by atoms with E-state index in [1.807, 2.05) is 0 Å². The molecule has 0 heterocycles. The van der Waals surface area contributed by atoms with Crippen LogP contribution in [0.25, 0.3) is 0 Å². The molecule has 2 aromatic rings. The van der Waals surface area contributed by atoms with E-state index in [4.69, 9.17) is 85.9 Å². The van der Waals surface area contributed by atoms with Crippen molar-refractivity contribution in [1.29, 1.82) is 0 Å². The van der Waals surface area contributed by atoms with Gasteiger partial charge in [0.1, 0.15) is 15.1 Å². The lowest BCUT2D eigenvalue weighted by molar-refractivity contribution is 0.484. The van der Waals surface area contributed by atoms with Crippen LogP contribution in [-0.4, -0.2) is 0 Å². The summed E-state index contributed by atoms with van der Waals surface area (Å²) < 4.78 is 5.56. The van der Waals surface area contributed by atoms with Crippen molar-refractivity contribution in [2.45, 2.75) is 0 Å². The lowest BCUT2D eigenvalue weighted by atomic mass is 10.3. The van der Waals surface area contributed by atoms with Crippen LogP contribution in [0.3, 0.4) is 0 Å². The summed E-state index contributed by atoms with van der Waals surface area (Å²) in [7, 11) is 0. The highest BCUT2D eigenvalue weighted by molar-refractivity contribution is 6.49. The largest absolute Gasteiger partial charge is 0.451 e. The van der Waals surface area contributed by atoms with E-state index in [0.29, 0.717) is 0 Å². The van der Waals surface area contributed by atoms with Gasteiger partial charge in [0.15, 0.2) is 11.5 Å². The smallest absolute Gasteiger partial charge is 0.167 e. The average molecular weight is 411 g/mol. The topological polar surface area (TPSA) is 9.23 Å². The number of rotatable bonds is 2. The molecule has 0 fully saturated rings. The molecule has 0 saturated heterocycles. The van der Waals surface area contributed by atoms with Crippen molar-refractivity contribution in [3.63, 3.8) is 0 Å². The fourth-order valence-electron chi connectivity index (χ4n) is 1.34. The standard InChI is InChI=1S/C12H3Cl7O/c13-4-1-2-5(14)11(8(4)17)20-12-9(18)6(15)3-7(16)10(12)19/h1-3H. The lowest BCUT2D eigenvalue weighted by Gasteiger charge is -2.14. The Labute approximate surface area is 150 Å². The molecule has 0 saturated carbocycles. The third-order valence-electron chi connectivity index (χ3n) is 2.28. The molecule has 0 spiro atoms. The highest BCUT2D eigenvalue weighted by Gasteiger charge is 2.19. The van der Waals surface area contributed by atoms with Crippen LogP contribution in [0.4, 0.5) is 0 Å². The molecule has 8 heteroatoms. The fraction of sp³-hybridized carbons (Fsp3) is 0. The Kier molecular flexibility index (Phi) is 5.47. The molecule has 0 atom stereocenters. The Morgan fingerprint density at radius 2 is 1.00 bits per heavy atom. The second-order valence-corrected chi connectivity index (χ2v) is 6.33. The third-order valence-corrected chi connectivity index (χ3v) is 4.90. The van der Waals surface area contributed by atoms with Gasteiger partial charge in [0.05, 0.1) is 20.1 Å². The van der Waals surface area contributed by atoms with Gasteiger partial charge in [-0.15, -0.1) is 0 Å². The summed E-state index contributed by atoms with van der Waals surface area (Å²) in [6.45, 7) is 0. The first-order valence-corrected chi connectivity index (χ1v) is 7.61. The van der Waals surface area contributed by atoms with E-state index in [2.05, 4.69) is 0 Å². The number of halogens is 7. The highest BCUT2D eigenvalue weighted by Crippen LogP contribution is 2.48. The molecule has 0 amide bonds. The molecule has 0 bridgehead atoms. The maximum atomic E-state index is 6.05. The van der Waals surface area contributed by atoms with Crippen molar-refractivity contribution in [2.75, 3.05) is 0 Å². The molecule has 0 N–H and O–H groups in total. The second-order valence-electron chi connectivity index (χ2n) is 3.57. The van der Waals surface area contributed by atoms with E-state index in [1.165, 1.54) is 18.2 Å². The molecule has 0 aliphatic rings. The van der Waals surface area contributed by atoms with Crippen LogP contribution in [0, 0.1) is 0 Å². The number of hydrogen-bond acceptors (Lipinski definition) is 1. The lowest BCUT2D eigenvalue weighted by Crippen LogP contribution is -1.91. The van der Waals surface area contributed by atoms with Gasteiger partial charge in [0.2, 0.25) is 0 Å². The van der Waals surface area contributed by atoms with E-state index < -0.39 is 0 Å². The summed E-state index contributed by atoms with van der Waals surface area (Å²) in [4.78, 5) is 0. The van der Waals surface area contributed by atoms with Crippen LogP contribution in [0.2, 0.25) is 35.2 Å². The predicted molar refractivity (Wildman–Crippen MR) is 88.0 cm³/mol. The van der Waals surface area contributed by atoms with Crippen LogP contribution in [0.1, 0.15) is 0 Å². The van der Waals surface area contributed by atoms with E-state index in [9.17, 15) is 0 Å². The van der Waals surface area contributed by atoms with E-state index in [0.717, 1.165) is 0 Å². The van der Waals surface area contributed by atoms with Crippen molar-refractivity contribution in [1.82, 2.24) is 0 Å². The van der Waals surface area contributed by atoms with Crippen LogP contribution < -0.4 is 4.74 Å². The van der Waals surface area contributed by atoms with Crippen LogP contribution >= 0.6 is 81.2 Å². The van der Waals surface area contributed by atoms with Gasteiger partial charge in [-0.25, -0.2) is 0 Å². The molecule has 0 radical (unpaired) electrons. The zero-order valence-electron chi connectivity index (χ0n) is 9.29. The molecule has 0 unspecified atom stereocenters. The van der Waals surface area contributed by atoms with E-state index in [-0.39, 0.29) is 46.7 Å². The van der Waals surface area contributed by atoms with Gasteiger partial charge >= 0.3 is 0 Å². The zero-order chi connectivity index (χ0) is 15.0. The third kappa shape index (κ3) is 3.20. The highest BCUT2D eigenvalue weighted by atomic mass is 35.5. The zero-order valence-corrected chi connectivity index (χ0v) is 14.6. The summed E-state index contributed by atoms with van der Waals surface area (Å²) in [5, 5.41) is 1.19. The molecular weight excluding hydrogens is 408 g/mol. The molecule has 20 heavy (non-hydrogen) atoms. The van der Waals surface area contributed by atoms with Gasteiger partial charge < -0.3 is 4.74 Å². The molecule has 106 valence electrons.